The Kier molecular flexibility index (Phi) is 4.29. The van der Waals surface area contributed by atoms with Crippen molar-refractivity contribution in [3.05, 3.63) is 72.6 Å². The average molecular weight is 288 g/mol. The van der Waals surface area contributed by atoms with Gasteiger partial charge in [0.05, 0.1) is 11.4 Å². The first kappa shape index (κ1) is 14.5. The first-order valence-corrected chi connectivity index (χ1v) is 7.71. The molecule has 3 rings (SSSR count). The van der Waals surface area contributed by atoms with Gasteiger partial charge in [0, 0.05) is 17.5 Å². The van der Waals surface area contributed by atoms with Crippen LogP contribution < -0.4 is 0 Å². The third kappa shape index (κ3) is 3.40. The van der Waals surface area contributed by atoms with E-state index in [1.54, 1.807) is 0 Å². The number of hydrogen-bond acceptors (Lipinski definition) is 2. The third-order valence-corrected chi connectivity index (χ3v) is 3.50. The zero-order valence-corrected chi connectivity index (χ0v) is 13.0. The molecule has 22 heavy (non-hydrogen) atoms. The van der Waals surface area contributed by atoms with Gasteiger partial charge in [-0.05, 0) is 12.0 Å². The van der Waals surface area contributed by atoms with E-state index in [1.165, 1.54) is 0 Å². The van der Waals surface area contributed by atoms with Gasteiger partial charge in [0.2, 0.25) is 0 Å². The minimum atomic E-state index is 0.537. The van der Waals surface area contributed by atoms with Crippen LogP contribution in [0.1, 0.15) is 19.7 Å². The molecule has 0 radical (unpaired) electrons. The quantitative estimate of drug-likeness (QED) is 0.674. The fourth-order valence-corrected chi connectivity index (χ4v) is 2.47. The van der Waals surface area contributed by atoms with E-state index in [0.29, 0.717) is 5.92 Å². The third-order valence-electron chi connectivity index (χ3n) is 3.50. The summed E-state index contributed by atoms with van der Waals surface area (Å²) in [6.07, 6.45) is 0.889. The Morgan fingerprint density at radius 2 is 1.18 bits per heavy atom. The molecule has 0 amide bonds. The predicted molar refractivity (Wildman–Crippen MR) is 91.4 cm³/mol. The molecule has 110 valence electrons. The Balaban J connectivity index is 2.10. The maximum absolute atomic E-state index is 4.76. The van der Waals surface area contributed by atoms with Crippen LogP contribution in [0.5, 0.6) is 0 Å². The van der Waals surface area contributed by atoms with Gasteiger partial charge in [-0.15, -0.1) is 0 Å². The summed E-state index contributed by atoms with van der Waals surface area (Å²) < 4.78 is 0. The minimum absolute atomic E-state index is 0.537. The van der Waals surface area contributed by atoms with Gasteiger partial charge in [0.25, 0.3) is 0 Å². The first-order valence-electron chi connectivity index (χ1n) is 7.71. The second-order valence-corrected chi connectivity index (χ2v) is 5.88. The van der Waals surface area contributed by atoms with Crippen molar-refractivity contribution in [1.82, 2.24) is 9.97 Å². The second-order valence-electron chi connectivity index (χ2n) is 5.88. The average Bonchev–Trinajstić information content (AvgIpc) is 2.55. The van der Waals surface area contributed by atoms with Gasteiger partial charge in [0.15, 0.2) is 0 Å². The fourth-order valence-electron chi connectivity index (χ4n) is 2.47. The molecule has 3 aromatic rings. The Labute approximate surface area is 131 Å². The van der Waals surface area contributed by atoms with Gasteiger partial charge in [-0.3, -0.25) is 0 Å². The van der Waals surface area contributed by atoms with E-state index >= 15 is 0 Å². The minimum Gasteiger partial charge on any atom is -0.233 e. The van der Waals surface area contributed by atoms with Crippen molar-refractivity contribution in [3.63, 3.8) is 0 Å². The van der Waals surface area contributed by atoms with E-state index in [-0.39, 0.29) is 0 Å². The van der Waals surface area contributed by atoms with Crippen LogP contribution in [0.25, 0.3) is 22.5 Å². The van der Waals surface area contributed by atoms with E-state index in [0.717, 1.165) is 34.8 Å². The van der Waals surface area contributed by atoms with Gasteiger partial charge in [-0.1, -0.05) is 74.5 Å². The Morgan fingerprint density at radius 3 is 1.59 bits per heavy atom. The smallest absolute Gasteiger partial charge is 0.129 e. The predicted octanol–water partition coefficient (Wildman–Crippen LogP) is 5.01. The molecule has 0 bridgehead atoms. The van der Waals surface area contributed by atoms with Gasteiger partial charge in [-0.2, -0.15) is 0 Å². The molecular formula is C20H20N2. The molecule has 0 saturated carbocycles. The molecule has 0 spiro atoms. The number of benzene rings is 2. The molecule has 0 fully saturated rings. The van der Waals surface area contributed by atoms with Crippen molar-refractivity contribution < 1.29 is 0 Å². The summed E-state index contributed by atoms with van der Waals surface area (Å²) in [6, 6.07) is 22.7. The summed E-state index contributed by atoms with van der Waals surface area (Å²) in [5, 5.41) is 0. The normalized spacial score (nSPS) is 10.9. The van der Waals surface area contributed by atoms with Crippen molar-refractivity contribution in [2.24, 2.45) is 5.92 Å². The van der Waals surface area contributed by atoms with Crippen LogP contribution in [0.3, 0.4) is 0 Å². The van der Waals surface area contributed by atoms with Gasteiger partial charge >= 0.3 is 0 Å². The van der Waals surface area contributed by atoms with Crippen LogP contribution in [0.2, 0.25) is 0 Å². The van der Waals surface area contributed by atoms with Crippen LogP contribution >= 0.6 is 0 Å². The second kappa shape index (κ2) is 6.52. The molecule has 1 aromatic heterocycles. The van der Waals surface area contributed by atoms with Crippen LogP contribution in [-0.4, -0.2) is 9.97 Å². The molecule has 0 aliphatic carbocycles. The Bertz CT molecular complexity index is 676. The van der Waals surface area contributed by atoms with Crippen molar-refractivity contribution in [2.75, 3.05) is 0 Å². The summed E-state index contributed by atoms with van der Waals surface area (Å²) in [7, 11) is 0. The van der Waals surface area contributed by atoms with Crippen LogP contribution in [0, 0.1) is 5.92 Å². The van der Waals surface area contributed by atoms with E-state index in [2.05, 4.69) is 44.2 Å². The number of hydrogen-bond donors (Lipinski definition) is 0. The van der Waals surface area contributed by atoms with E-state index in [9.17, 15) is 0 Å². The summed E-state index contributed by atoms with van der Waals surface area (Å²) >= 11 is 0. The topological polar surface area (TPSA) is 25.8 Å². The van der Waals surface area contributed by atoms with Crippen molar-refractivity contribution in [2.45, 2.75) is 20.3 Å². The number of rotatable bonds is 4. The van der Waals surface area contributed by atoms with Crippen molar-refractivity contribution in [3.8, 4) is 22.5 Å². The fraction of sp³-hybridized carbons (Fsp3) is 0.200. The van der Waals surface area contributed by atoms with Crippen molar-refractivity contribution in [1.29, 1.82) is 0 Å². The summed E-state index contributed by atoms with van der Waals surface area (Å²) in [5.41, 5.74) is 4.24. The molecule has 0 atom stereocenters. The number of aromatic nitrogens is 2. The molecule has 2 aromatic carbocycles. The summed E-state index contributed by atoms with van der Waals surface area (Å²) in [6.45, 7) is 4.39. The highest BCUT2D eigenvalue weighted by Gasteiger charge is 2.09. The maximum atomic E-state index is 4.76. The van der Waals surface area contributed by atoms with Gasteiger partial charge in [-0.25, -0.2) is 9.97 Å². The molecular weight excluding hydrogens is 268 g/mol. The highest BCUT2D eigenvalue weighted by Crippen LogP contribution is 2.24. The summed E-state index contributed by atoms with van der Waals surface area (Å²) in [5.74, 6) is 1.45. The molecule has 0 saturated heterocycles. The van der Waals surface area contributed by atoms with Crippen molar-refractivity contribution >= 4 is 0 Å². The van der Waals surface area contributed by atoms with Crippen LogP contribution in [0.4, 0.5) is 0 Å². The lowest BCUT2D eigenvalue weighted by molar-refractivity contribution is 0.622. The number of nitrogens with zero attached hydrogens (tertiary/aromatic N) is 2. The zero-order chi connectivity index (χ0) is 15.4. The molecule has 0 aliphatic heterocycles. The summed E-state index contributed by atoms with van der Waals surface area (Å²) in [4.78, 5) is 9.52. The monoisotopic (exact) mass is 288 g/mol. The van der Waals surface area contributed by atoms with E-state index in [4.69, 9.17) is 9.97 Å². The van der Waals surface area contributed by atoms with E-state index < -0.39 is 0 Å². The molecule has 0 N–H and O–H groups in total. The highest BCUT2D eigenvalue weighted by atomic mass is 14.9. The van der Waals surface area contributed by atoms with Gasteiger partial charge in [0.1, 0.15) is 5.82 Å². The molecule has 1 heterocycles. The van der Waals surface area contributed by atoms with E-state index in [1.807, 2.05) is 36.4 Å². The molecule has 2 heteroatoms. The lowest BCUT2D eigenvalue weighted by Crippen LogP contribution is -2.03. The molecule has 0 unspecified atom stereocenters. The lowest BCUT2D eigenvalue weighted by atomic mass is 10.1. The van der Waals surface area contributed by atoms with Crippen LogP contribution in [0.15, 0.2) is 66.7 Å². The van der Waals surface area contributed by atoms with Gasteiger partial charge < -0.3 is 0 Å². The highest BCUT2D eigenvalue weighted by molar-refractivity contribution is 5.67. The zero-order valence-electron chi connectivity index (χ0n) is 13.0. The SMILES string of the molecule is CC(C)Cc1nc(-c2ccccc2)cc(-c2ccccc2)n1. The first-order chi connectivity index (χ1) is 10.7. The van der Waals surface area contributed by atoms with Crippen LogP contribution in [-0.2, 0) is 6.42 Å². The molecule has 0 aliphatic rings. The Morgan fingerprint density at radius 1 is 0.727 bits per heavy atom. The standard InChI is InChI=1S/C20H20N2/c1-15(2)13-20-21-18(16-9-5-3-6-10-16)14-19(22-20)17-11-7-4-8-12-17/h3-12,14-15H,13H2,1-2H3. The molecule has 2 nitrogen and oxygen atoms in total. The maximum Gasteiger partial charge on any atom is 0.129 e. The Hall–Kier alpha value is -2.48. The lowest BCUT2D eigenvalue weighted by Gasteiger charge is -2.10. The largest absolute Gasteiger partial charge is 0.233 e.